The number of carboxylic acid groups (broad SMARTS) is 1. The van der Waals surface area contributed by atoms with E-state index in [0.29, 0.717) is 21.4 Å². The Hall–Kier alpha value is -3.55. The van der Waals surface area contributed by atoms with Gasteiger partial charge in [0.15, 0.2) is 5.76 Å². The van der Waals surface area contributed by atoms with Gasteiger partial charge in [0.1, 0.15) is 5.69 Å². The lowest BCUT2D eigenvalue weighted by Crippen LogP contribution is -2.26. The molecule has 0 spiro atoms. The molecule has 9 heteroatoms. The Morgan fingerprint density at radius 2 is 1.80 bits per heavy atom. The van der Waals surface area contributed by atoms with Crippen LogP contribution in [-0.2, 0) is 4.79 Å². The number of nitrogens with one attached hydrogen (secondary N) is 1. The van der Waals surface area contributed by atoms with Crippen molar-refractivity contribution in [3.63, 3.8) is 0 Å². The van der Waals surface area contributed by atoms with Gasteiger partial charge in [-0.3, -0.25) is 14.3 Å². The van der Waals surface area contributed by atoms with E-state index in [2.05, 4.69) is 5.32 Å². The molecule has 180 valence electrons. The number of nitrogens with zero attached hydrogens (tertiary/aromatic N) is 2. The SMILES string of the molecule is Cc1c(-c2cc(Cl)cc(Cl)c2)nn(C(C)c2ccc(C(=O)NCCC(=O)O)cc2)c1-c1ccco1. The number of halogens is 2. The van der Waals surface area contributed by atoms with Crippen molar-refractivity contribution in [3.8, 4) is 22.7 Å². The van der Waals surface area contributed by atoms with Crippen LogP contribution < -0.4 is 5.32 Å². The van der Waals surface area contributed by atoms with Crippen LogP contribution in [0.1, 0.15) is 40.9 Å². The molecule has 0 fully saturated rings. The lowest BCUT2D eigenvalue weighted by molar-refractivity contribution is -0.136. The first-order chi connectivity index (χ1) is 16.7. The molecule has 7 nitrogen and oxygen atoms in total. The number of benzene rings is 2. The minimum atomic E-state index is -0.962. The highest BCUT2D eigenvalue weighted by Crippen LogP contribution is 2.37. The van der Waals surface area contributed by atoms with E-state index in [1.165, 1.54) is 0 Å². The highest BCUT2D eigenvalue weighted by molar-refractivity contribution is 6.35. The molecule has 2 aromatic carbocycles. The van der Waals surface area contributed by atoms with Crippen LogP contribution in [0, 0.1) is 6.92 Å². The summed E-state index contributed by atoms with van der Waals surface area (Å²) in [4.78, 5) is 22.9. The Balaban J connectivity index is 1.68. The van der Waals surface area contributed by atoms with Gasteiger partial charge in [0, 0.05) is 33.3 Å². The molecular weight excluding hydrogens is 489 g/mol. The predicted molar refractivity (Wildman–Crippen MR) is 135 cm³/mol. The van der Waals surface area contributed by atoms with Crippen LogP contribution in [0.25, 0.3) is 22.7 Å². The van der Waals surface area contributed by atoms with E-state index in [1.807, 2.05) is 54.9 Å². The van der Waals surface area contributed by atoms with E-state index in [4.69, 9.17) is 37.8 Å². The Morgan fingerprint density at radius 1 is 1.11 bits per heavy atom. The number of hydrogen-bond donors (Lipinski definition) is 2. The molecule has 0 radical (unpaired) electrons. The van der Waals surface area contributed by atoms with E-state index in [1.54, 1.807) is 24.5 Å². The quantitative estimate of drug-likeness (QED) is 0.291. The number of carbonyl (C=O) groups excluding carboxylic acids is 1. The number of carboxylic acids is 1. The molecule has 1 amide bonds. The predicted octanol–water partition coefficient (Wildman–Crippen LogP) is 6.24. The third-order valence-corrected chi connectivity index (χ3v) is 6.12. The first kappa shape index (κ1) is 24.6. The summed E-state index contributed by atoms with van der Waals surface area (Å²) < 4.78 is 7.61. The molecule has 1 unspecified atom stereocenters. The summed E-state index contributed by atoms with van der Waals surface area (Å²) in [5, 5.41) is 17.3. The zero-order valence-electron chi connectivity index (χ0n) is 19.1. The van der Waals surface area contributed by atoms with Crippen LogP contribution >= 0.6 is 23.2 Å². The van der Waals surface area contributed by atoms with Crippen LogP contribution in [0.3, 0.4) is 0 Å². The molecule has 0 saturated heterocycles. The molecule has 2 N–H and O–H groups in total. The van der Waals surface area contributed by atoms with Gasteiger partial charge in [-0.1, -0.05) is 35.3 Å². The van der Waals surface area contributed by atoms with Gasteiger partial charge in [0.2, 0.25) is 0 Å². The van der Waals surface area contributed by atoms with Gasteiger partial charge in [0.25, 0.3) is 5.91 Å². The van der Waals surface area contributed by atoms with Crippen LogP contribution in [0.5, 0.6) is 0 Å². The van der Waals surface area contributed by atoms with Crippen molar-refractivity contribution in [1.29, 1.82) is 0 Å². The fourth-order valence-electron chi connectivity index (χ4n) is 3.91. The molecule has 4 aromatic rings. The third kappa shape index (κ3) is 5.42. The second-order valence-corrected chi connectivity index (χ2v) is 8.97. The van der Waals surface area contributed by atoms with Gasteiger partial charge in [-0.2, -0.15) is 5.10 Å². The van der Waals surface area contributed by atoms with E-state index < -0.39 is 5.97 Å². The number of carbonyl (C=O) groups is 2. The topological polar surface area (TPSA) is 97.4 Å². The molecule has 0 bridgehead atoms. The Bertz CT molecular complexity index is 1340. The summed E-state index contributed by atoms with van der Waals surface area (Å²) in [7, 11) is 0. The highest BCUT2D eigenvalue weighted by atomic mass is 35.5. The van der Waals surface area contributed by atoms with Crippen molar-refractivity contribution in [2.24, 2.45) is 0 Å². The lowest BCUT2D eigenvalue weighted by atomic mass is 10.0. The second-order valence-electron chi connectivity index (χ2n) is 8.10. The fourth-order valence-corrected chi connectivity index (χ4v) is 4.44. The maximum atomic E-state index is 12.3. The summed E-state index contributed by atoms with van der Waals surface area (Å²) in [5.41, 5.74) is 4.65. The summed E-state index contributed by atoms with van der Waals surface area (Å²) >= 11 is 12.5. The Labute approximate surface area is 212 Å². The second kappa shape index (κ2) is 10.4. The summed E-state index contributed by atoms with van der Waals surface area (Å²) in [5.74, 6) is -0.608. The molecule has 4 rings (SSSR count). The molecule has 2 aromatic heterocycles. The Kier molecular flexibility index (Phi) is 7.28. The van der Waals surface area contributed by atoms with Crippen molar-refractivity contribution in [2.75, 3.05) is 6.54 Å². The summed E-state index contributed by atoms with van der Waals surface area (Å²) in [6.45, 7) is 4.06. The molecule has 0 aliphatic heterocycles. The Morgan fingerprint density at radius 3 is 2.40 bits per heavy atom. The maximum Gasteiger partial charge on any atom is 0.305 e. The first-order valence-electron chi connectivity index (χ1n) is 10.9. The monoisotopic (exact) mass is 511 g/mol. The lowest BCUT2D eigenvalue weighted by Gasteiger charge is -2.16. The van der Waals surface area contributed by atoms with Crippen molar-refractivity contribution in [2.45, 2.75) is 26.3 Å². The number of rotatable bonds is 8. The van der Waals surface area contributed by atoms with Gasteiger partial charge in [-0.15, -0.1) is 0 Å². The van der Waals surface area contributed by atoms with Gasteiger partial charge < -0.3 is 14.8 Å². The largest absolute Gasteiger partial charge is 0.481 e. The third-order valence-electron chi connectivity index (χ3n) is 5.68. The first-order valence-corrected chi connectivity index (χ1v) is 11.7. The fraction of sp³-hybridized carbons (Fsp3) is 0.192. The van der Waals surface area contributed by atoms with Crippen molar-refractivity contribution in [3.05, 3.63) is 87.6 Å². The minimum absolute atomic E-state index is 0.0711. The number of furan rings is 1. The van der Waals surface area contributed by atoms with Crippen LogP contribution in [0.2, 0.25) is 10.0 Å². The normalized spacial score (nSPS) is 11.9. The van der Waals surface area contributed by atoms with Crippen molar-refractivity contribution >= 4 is 35.1 Å². The van der Waals surface area contributed by atoms with Gasteiger partial charge in [0.05, 0.1) is 24.4 Å². The molecule has 0 aliphatic carbocycles. The van der Waals surface area contributed by atoms with E-state index >= 15 is 0 Å². The minimum Gasteiger partial charge on any atom is -0.481 e. The standard InChI is InChI=1S/C26H23Cl2N3O4/c1-15-24(19-12-20(27)14-21(28)13-19)30-31(25(15)22-4-3-11-35-22)16(2)17-5-7-18(8-6-17)26(34)29-10-9-23(32)33/h3-8,11-14,16H,9-10H2,1-2H3,(H,29,34)(H,32,33). The van der Waals surface area contributed by atoms with Crippen LogP contribution in [0.15, 0.2) is 65.3 Å². The van der Waals surface area contributed by atoms with E-state index in [-0.39, 0.29) is 24.9 Å². The molecule has 35 heavy (non-hydrogen) atoms. The van der Waals surface area contributed by atoms with E-state index in [9.17, 15) is 9.59 Å². The van der Waals surface area contributed by atoms with Crippen LogP contribution in [-0.4, -0.2) is 33.3 Å². The number of amides is 1. The molecule has 0 saturated carbocycles. The van der Waals surface area contributed by atoms with Gasteiger partial charge in [-0.25, -0.2) is 0 Å². The number of aromatic nitrogens is 2. The molecule has 0 aliphatic rings. The highest BCUT2D eigenvalue weighted by Gasteiger charge is 2.23. The maximum absolute atomic E-state index is 12.3. The average molecular weight is 512 g/mol. The van der Waals surface area contributed by atoms with Gasteiger partial charge in [-0.05, 0) is 61.9 Å². The van der Waals surface area contributed by atoms with Crippen molar-refractivity contribution in [1.82, 2.24) is 15.1 Å². The molecule has 2 heterocycles. The zero-order chi connectivity index (χ0) is 25.1. The zero-order valence-corrected chi connectivity index (χ0v) is 20.6. The molecular formula is C26H23Cl2N3O4. The van der Waals surface area contributed by atoms with E-state index in [0.717, 1.165) is 28.1 Å². The van der Waals surface area contributed by atoms with Gasteiger partial charge >= 0.3 is 5.97 Å². The smallest absolute Gasteiger partial charge is 0.305 e. The van der Waals surface area contributed by atoms with Crippen LogP contribution in [0.4, 0.5) is 0 Å². The summed E-state index contributed by atoms with van der Waals surface area (Å²) in [6.07, 6.45) is 1.49. The van der Waals surface area contributed by atoms with Crippen molar-refractivity contribution < 1.29 is 19.1 Å². The number of aliphatic carboxylic acids is 1. The number of hydrogen-bond acceptors (Lipinski definition) is 4. The molecule has 1 atom stereocenters. The average Bonchev–Trinajstić information content (AvgIpc) is 3.45. The summed E-state index contributed by atoms with van der Waals surface area (Å²) in [6, 6.07) is 16.0.